The Hall–Kier alpha value is -3.67. The number of esters is 3. The minimum Gasteiger partial charge on any atom is -0.462 e. The van der Waals surface area contributed by atoms with Gasteiger partial charge in [0.05, 0.1) is 0 Å². The van der Waals surface area contributed by atoms with Gasteiger partial charge in [0.15, 0.2) is 6.10 Å². The molecule has 0 aliphatic heterocycles. The second kappa shape index (κ2) is 52.9. The van der Waals surface area contributed by atoms with Gasteiger partial charge in [-0.15, -0.1) is 0 Å². The Morgan fingerprint density at radius 2 is 0.631 bits per heavy atom. The Kier molecular flexibility index (Phi) is 50.0. The Balaban J connectivity index is 4.52. The fraction of sp³-hybridized carbons (Fsp3) is 0.678. The number of unbranched alkanes of at least 4 members (excludes halogenated alkanes) is 20. The van der Waals surface area contributed by atoms with Gasteiger partial charge in [-0.05, 0) is 89.9 Å². The molecule has 0 saturated carbocycles. The van der Waals surface area contributed by atoms with Crippen LogP contribution in [0.1, 0.15) is 239 Å². The maximum absolute atomic E-state index is 12.8. The fourth-order valence-electron chi connectivity index (χ4n) is 7.09. The summed E-state index contributed by atoms with van der Waals surface area (Å²) in [5.74, 6) is -1.01. The molecule has 6 nitrogen and oxygen atoms in total. The lowest BCUT2D eigenvalue weighted by atomic mass is 10.0. The van der Waals surface area contributed by atoms with Gasteiger partial charge in [0, 0.05) is 19.3 Å². The van der Waals surface area contributed by atoms with E-state index in [0.717, 1.165) is 103 Å². The van der Waals surface area contributed by atoms with Crippen LogP contribution in [0.2, 0.25) is 0 Å². The molecule has 0 saturated heterocycles. The van der Waals surface area contributed by atoms with Gasteiger partial charge in [0.25, 0.3) is 0 Å². The molecule has 0 aromatic rings. The number of rotatable bonds is 47. The van der Waals surface area contributed by atoms with Gasteiger partial charge in [0.1, 0.15) is 13.2 Å². The second-order valence-corrected chi connectivity index (χ2v) is 17.4. The molecule has 0 aromatic carbocycles. The number of hydrogen-bond acceptors (Lipinski definition) is 6. The molecule has 0 spiro atoms. The first-order valence-corrected chi connectivity index (χ1v) is 26.7. The monoisotopic (exact) mass is 903 g/mol. The number of hydrogen-bond donors (Lipinski definition) is 0. The van der Waals surface area contributed by atoms with E-state index in [1.54, 1.807) is 0 Å². The standard InChI is InChI=1S/C59H98O6/c1-4-7-10-13-16-19-22-25-27-28-29-30-32-34-37-40-43-46-49-52-58(61)64-55-56(54-63-57(60)51-48-45-42-39-36-33-24-21-18-15-12-9-6-3)65-59(62)53-50-47-44-41-38-35-31-26-23-20-17-14-11-8-5-2/h7,10,16-17,19-20,25-27,29-31,34,37,43,46,56H,4-6,8-9,11-15,18,21-24,28,32-33,35-36,38-42,44-45,47-55H2,1-3H3/b10-7-,19-16-,20-17-,27-25-,30-29-,31-26-,37-34-,46-43-/t56-/m1/s1. The smallest absolute Gasteiger partial charge is 0.306 e. The van der Waals surface area contributed by atoms with Crippen LogP contribution >= 0.6 is 0 Å². The molecule has 1 atom stereocenters. The van der Waals surface area contributed by atoms with Crippen LogP contribution in [-0.4, -0.2) is 37.2 Å². The van der Waals surface area contributed by atoms with E-state index in [9.17, 15) is 14.4 Å². The van der Waals surface area contributed by atoms with Gasteiger partial charge in [-0.1, -0.05) is 227 Å². The highest BCUT2D eigenvalue weighted by Gasteiger charge is 2.19. The molecule has 370 valence electrons. The number of carbonyl (C=O) groups is 3. The quantitative estimate of drug-likeness (QED) is 0.0262. The van der Waals surface area contributed by atoms with Crippen molar-refractivity contribution in [3.8, 4) is 0 Å². The maximum atomic E-state index is 12.8. The first kappa shape index (κ1) is 61.3. The minimum absolute atomic E-state index is 0.106. The Bertz CT molecular complexity index is 1310. The third kappa shape index (κ3) is 51.2. The summed E-state index contributed by atoms with van der Waals surface area (Å²) < 4.78 is 16.7. The fourth-order valence-corrected chi connectivity index (χ4v) is 7.09. The lowest BCUT2D eigenvalue weighted by Crippen LogP contribution is -2.30. The molecule has 0 aliphatic rings. The van der Waals surface area contributed by atoms with Crippen molar-refractivity contribution in [2.75, 3.05) is 13.2 Å². The van der Waals surface area contributed by atoms with Crippen LogP contribution in [0.15, 0.2) is 97.2 Å². The highest BCUT2D eigenvalue weighted by Crippen LogP contribution is 2.14. The van der Waals surface area contributed by atoms with Crippen molar-refractivity contribution in [3.05, 3.63) is 97.2 Å². The molecule has 65 heavy (non-hydrogen) atoms. The largest absolute Gasteiger partial charge is 0.462 e. The van der Waals surface area contributed by atoms with Crippen molar-refractivity contribution in [2.24, 2.45) is 0 Å². The lowest BCUT2D eigenvalue weighted by Gasteiger charge is -2.18. The van der Waals surface area contributed by atoms with E-state index in [0.29, 0.717) is 19.3 Å². The van der Waals surface area contributed by atoms with Gasteiger partial charge < -0.3 is 14.2 Å². The van der Waals surface area contributed by atoms with E-state index in [1.165, 1.54) is 89.9 Å². The summed E-state index contributed by atoms with van der Waals surface area (Å²) in [5.41, 5.74) is 0. The minimum atomic E-state index is -0.814. The SMILES string of the molecule is CC/C=C\C/C=C\C/C=C\C/C=C\C/C=C\C/C=C\CCC(=O)OC[C@@H](COC(=O)CCCCCCCCCCCCCCC)OC(=O)CCCCCCC/C=C\C/C=C\CCCCC. The molecule has 0 amide bonds. The molecule has 0 fully saturated rings. The molecular formula is C59H98O6. The Morgan fingerprint density at radius 3 is 1.06 bits per heavy atom. The molecule has 0 heterocycles. The molecular weight excluding hydrogens is 805 g/mol. The van der Waals surface area contributed by atoms with Crippen LogP contribution in [0.3, 0.4) is 0 Å². The molecule has 0 aromatic heterocycles. The van der Waals surface area contributed by atoms with E-state index in [4.69, 9.17) is 14.2 Å². The molecule has 0 unspecified atom stereocenters. The van der Waals surface area contributed by atoms with E-state index < -0.39 is 6.10 Å². The summed E-state index contributed by atoms with van der Waals surface area (Å²) in [6.45, 7) is 6.42. The number of allylic oxidation sites excluding steroid dienone is 16. The van der Waals surface area contributed by atoms with Crippen LogP contribution in [0.4, 0.5) is 0 Å². The normalized spacial score (nSPS) is 12.8. The maximum Gasteiger partial charge on any atom is 0.306 e. The summed E-state index contributed by atoms with van der Waals surface area (Å²) >= 11 is 0. The van der Waals surface area contributed by atoms with Crippen LogP contribution in [0.5, 0.6) is 0 Å². The van der Waals surface area contributed by atoms with Crippen molar-refractivity contribution < 1.29 is 28.6 Å². The average molecular weight is 903 g/mol. The highest BCUT2D eigenvalue weighted by molar-refractivity contribution is 5.71. The number of ether oxygens (including phenoxy) is 3. The van der Waals surface area contributed by atoms with Crippen molar-refractivity contribution in [2.45, 2.75) is 245 Å². The van der Waals surface area contributed by atoms with Crippen molar-refractivity contribution in [3.63, 3.8) is 0 Å². The lowest BCUT2D eigenvalue weighted by molar-refractivity contribution is -0.166. The van der Waals surface area contributed by atoms with E-state index in [1.807, 2.05) is 6.08 Å². The first-order valence-electron chi connectivity index (χ1n) is 26.7. The first-order chi connectivity index (χ1) is 32.0. The molecule has 0 N–H and O–H groups in total. The molecule has 0 radical (unpaired) electrons. The number of carbonyl (C=O) groups excluding carboxylic acids is 3. The summed E-state index contributed by atoms with van der Waals surface area (Å²) in [5, 5.41) is 0. The average Bonchev–Trinajstić information content (AvgIpc) is 3.30. The van der Waals surface area contributed by atoms with Crippen molar-refractivity contribution >= 4 is 17.9 Å². The van der Waals surface area contributed by atoms with Crippen LogP contribution in [-0.2, 0) is 28.6 Å². The summed E-state index contributed by atoms with van der Waals surface area (Å²) in [7, 11) is 0. The van der Waals surface area contributed by atoms with Gasteiger partial charge in [-0.3, -0.25) is 14.4 Å². The summed E-state index contributed by atoms with van der Waals surface area (Å²) in [6.07, 6.45) is 69.7. The highest BCUT2D eigenvalue weighted by atomic mass is 16.6. The molecule has 0 rings (SSSR count). The third-order valence-electron chi connectivity index (χ3n) is 11.1. The second-order valence-electron chi connectivity index (χ2n) is 17.4. The third-order valence-corrected chi connectivity index (χ3v) is 11.1. The van der Waals surface area contributed by atoms with Gasteiger partial charge in [-0.2, -0.15) is 0 Å². The Labute approximate surface area is 400 Å². The van der Waals surface area contributed by atoms with Gasteiger partial charge >= 0.3 is 17.9 Å². The van der Waals surface area contributed by atoms with Crippen molar-refractivity contribution in [1.82, 2.24) is 0 Å². The van der Waals surface area contributed by atoms with Crippen LogP contribution in [0.25, 0.3) is 0 Å². The predicted molar refractivity (Wildman–Crippen MR) is 279 cm³/mol. The zero-order valence-electron chi connectivity index (χ0n) is 42.2. The van der Waals surface area contributed by atoms with Gasteiger partial charge in [-0.25, -0.2) is 0 Å². The molecule has 0 aliphatic carbocycles. The van der Waals surface area contributed by atoms with E-state index in [2.05, 4.69) is 112 Å². The van der Waals surface area contributed by atoms with E-state index in [-0.39, 0.29) is 37.5 Å². The zero-order chi connectivity index (χ0) is 47.2. The molecule has 0 bridgehead atoms. The van der Waals surface area contributed by atoms with Crippen LogP contribution in [0, 0.1) is 0 Å². The van der Waals surface area contributed by atoms with Gasteiger partial charge in [0.2, 0.25) is 0 Å². The predicted octanol–water partition coefficient (Wildman–Crippen LogP) is 17.8. The summed E-state index contributed by atoms with van der Waals surface area (Å²) in [6, 6.07) is 0. The Morgan fingerprint density at radius 1 is 0.323 bits per heavy atom. The zero-order valence-corrected chi connectivity index (χ0v) is 42.2. The van der Waals surface area contributed by atoms with E-state index >= 15 is 0 Å². The molecule has 6 heteroatoms. The summed E-state index contributed by atoms with van der Waals surface area (Å²) in [4.78, 5) is 38.0. The van der Waals surface area contributed by atoms with Crippen LogP contribution < -0.4 is 0 Å². The van der Waals surface area contributed by atoms with Crippen molar-refractivity contribution in [1.29, 1.82) is 0 Å². The topological polar surface area (TPSA) is 78.9 Å².